The molecule has 1 aromatic carbocycles. The third-order valence-corrected chi connectivity index (χ3v) is 7.32. The van der Waals surface area contributed by atoms with E-state index >= 15 is 0 Å². The Hall–Kier alpha value is -0.630. The highest BCUT2D eigenvalue weighted by molar-refractivity contribution is 7.91. The largest absolute Gasteiger partial charge is 0.243 e. The average molecular weight is 338 g/mol. The van der Waals surface area contributed by atoms with E-state index in [0.717, 1.165) is 6.26 Å². The van der Waals surface area contributed by atoms with Crippen LogP contribution in [0, 0.1) is 6.92 Å². The number of hydrogen-bond acceptors (Lipinski definition) is 4. The fourth-order valence-corrected chi connectivity index (χ4v) is 5.32. The van der Waals surface area contributed by atoms with E-state index in [1.807, 2.05) is 0 Å². The first-order chi connectivity index (χ1) is 9.12. The van der Waals surface area contributed by atoms with Crippen molar-refractivity contribution in [2.45, 2.75) is 23.5 Å². The highest BCUT2D eigenvalue weighted by Gasteiger charge is 2.37. The van der Waals surface area contributed by atoms with Crippen LogP contribution in [-0.2, 0) is 19.9 Å². The Morgan fingerprint density at radius 3 is 2.45 bits per heavy atom. The molecule has 0 N–H and O–H groups in total. The smallest absolute Gasteiger partial charge is 0.229 e. The second-order valence-corrected chi connectivity index (χ2v) is 9.68. The van der Waals surface area contributed by atoms with Crippen LogP contribution in [0.1, 0.15) is 12.0 Å². The maximum atomic E-state index is 12.6. The van der Waals surface area contributed by atoms with E-state index in [4.69, 9.17) is 11.6 Å². The van der Waals surface area contributed by atoms with Gasteiger partial charge in [-0.3, -0.25) is 0 Å². The maximum Gasteiger partial charge on any atom is 0.243 e. The lowest BCUT2D eigenvalue weighted by atomic mass is 10.2. The summed E-state index contributed by atoms with van der Waals surface area (Å²) in [6, 6.07) is 4.67. The molecule has 20 heavy (non-hydrogen) atoms. The molecule has 1 atom stereocenters. The minimum atomic E-state index is -3.70. The molecular formula is C12H16ClNO4S2. The van der Waals surface area contributed by atoms with Crippen molar-refractivity contribution < 1.29 is 16.8 Å². The second-order valence-electron chi connectivity index (χ2n) is 5.01. The predicted molar refractivity (Wildman–Crippen MR) is 78.2 cm³/mol. The van der Waals surface area contributed by atoms with Gasteiger partial charge in [-0.2, -0.15) is 4.31 Å². The summed E-state index contributed by atoms with van der Waals surface area (Å²) in [6.45, 7) is 1.91. The Labute approximate surface area is 124 Å². The number of sulfone groups is 1. The van der Waals surface area contributed by atoms with Crippen LogP contribution in [0.15, 0.2) is 23.1 Å². The molecule has 0 aliphatic carbocycles. The molecule has 1 fully saturated rings. The summed E-state index contributed by atoms with van der Waals surface area (Å²) in [4.78, 5) is 0.138. The van der Waals surface area contributed by atoms with E-state index in [2.05, 4.69) is 0 Å². The summed E-state index contributed by atoms with van der Waals surface area (Å²) in [5.41, 5.74) is 0.595. The maximum absolute atomic E-state index is 12.6. The van der Waals surface area contributed by atoms with Crippen molar-refractivity contribution in [3.8, 4) is 0 Å². The van der Waals surface area contributed by atoms with E-state index in [1.54, 1.807) is 19.1 Å². The summed E-state index contributed by atoms with van der Waals surface area (Å²) >= 11 is 5.85. The molecule has 112 valence electrons. The number of halogens is 1. The minimum Gasteiger partial charge on any atom is -0.229 e. The van der Waals surface area contributed by atoms with Crippen LogP contribution in [0.3, 0.4) is 0 Å². The molecule has 1 heterocycles. The van der Waals surface area contributed by atoms with Crippen LogP contribution in [0.25, 0.3) is 0 Å². The van der Waals surface area contributed by atoms with Crippen LogP contribution in [0.4, 0.5) is 0 Å². The van der Waals surface area contributed by atoms with E-state index in [9.17, 15) is 16.8 Å². The van der Waals surface area contributed by atoms with Crippen molar-refractivity contribution in [2.24, 2.45) is 0 Å². The van der Waals surface area contributed by atoms with Crippen molar-refractivity contribution in [1.29, 1.82) is 0 Å². The van der Waals surface area contributed by atoms with Crippen LogP contribution >= 0.6 is 11.6 Å². The summed E-state index contributed by atoms with van der Waals surface area (Å²) in [5.74, 6) is 0. The third-order valence-electron chi connectivity index (χ3n) is 3.48. The van der Waals surface area contributed by atoms with Crippen molar-refractivity contribution in [3.63, 3.8) is 0 Å². The van der Waals surface area contributed by atoms with Gasteiger partial charge in [0, 0.05) is 24.4 Å². The fraction of sp³-hybridized carbons (Fsp3) is 0.500. The summed E-state index contributed by atoms with van der Waals surface area (Å²) in [6.07, 6.45) is 1.47. The van der Waals surface area contributed by atoms with Gasteiger partial charge < -0.3 is 0 Å². The quantitative estimate of drug-likeness (QED) is 0.837. The molecule has 8 heteroatoms. The zero-order chi connectivity index (χ0) is 15.1. The Kier molecular flexibility index (Phi) is 4.17. The van der Waals surface area contributed by atoms with Crippen LogP contribution in [0.5, 0.6) is 0 Å². The third kappa shape index (κ3) is 3.00. The molecule has 1 unspecified atom stereocenters. The Bertz CT molecular complexity index is 728. The SMILES string of the molecule is Cc1ccc(Cl)cc1S(=O)(=O)N1CCC(S(C)(=O)=O)C1. The van der Waals surface area contributed by atoms with E-state index in [-0.39, 0.29) is 18.0 Å². The van der Waals surface area contributed by atoms with Gasteiger partial charge in [0.05, 0.1) is 10.1 Å². The number of nitrogens with zero attached hydrogens (tertiary/aromatic N) is 1. The molecule has 0 saturated carbocycles. The van der Waals surface area contributed by atoms with Gasteiger partial charge in [0.15, 0.2) is 9.84 Å². The van der Waals surface area contributed by atoms with E-state index < -0.39 is 25.1 Å². The first-order valence-electron chi connectivity index (χ1n) is 6.07. The fourth-order valence-electron chi connectivity index (χ4n) is 2.26. The van der Waals surface area contributed by atoms with E-state index in [0.29, 0.717) is 17.0 Å². The van der Waals surface area contributed by atoms with Gasteiger partial charge in [0.25, 0.3) is 0 Å². The van der Waals surface area contributed by atoms with Crippen LogP contribution in [-0.4, -0.2) is 45.7 Å². The molecule has 5 nitrogen and oxygen atoms in total. The first kappa shape index (κ1) is 15.8. The molecule has 0 radical (unpaired) electrons. The standard InChI is InChI=1S/C12H16ClNO4S2/c1-9-3-4-10(13)7-12(9)20(17,18)14-6-5-11(8-14)19(2,15)16/h3-4,7,11H,5-6,8H2,1-2H3. The van der Waals surface area contributed by atoms with Gasteiger partial charge in [-0.15, -0.1) is 0 Å². The number of benzene rings is 1. The summed E-state index contributed by atoms with van der Waals surface area (Å²) in [7, 11) is -6.93. The zero-order valence-electron chi connectivity index (χ0n) is 11.2. The van der Waals surface area contributed by atoms with Gasteiger partial charge in [-0.1, -0.05) is 17.7 Å². The molecular weight excluding hydrogens is 322 g/mol. The molecule has 1 aliphatic heterocycles. The number of sulfonamides is 1. The number of hydrogen-bond donors (Lipinski definition) is 0. The molecule has 1 aliphatic rings. The van der Waals surface area contributed by atoms with E-state index in [1.165, 1.54) is 10.4 Å². The minimum absolute atomic E-state index is 0.00706. The normalized spacial score (nSPS) is 21.2. The Morgan fingerprint density at radius 2 is 1.90 bits per heavy atom. The van der Waals surface area contributed by atoms with Crippen molar-refractivity contribution in [3.05, 3.63) is 28.8 Å². The van der Waals surface area contributed by atoms with Gasteiger partial charge in [0.1, 0.15) is 0 Å². The monoisotopic (exact) mass is 337 g/mol. The molecule has 0 bridgehead atoms. The van der Waals surface area contributed by atoms with Crippen molar-refractivity contribution in [2.75, 3.05) is 19.3 Å². The topological polar surface area (TPSA) is 71.5 Å². The Morgan fingerprint density at radius 1 is 1.25 bits per heavy atom. The first-order valence-corrected chi connectivity index (χ1v) is 9.85. The summed E-state index contributed by atoms with van der Waals surface area (Å²) < 4.78 is 49.4. The highest BCUT2D eigenvalue weighted by Crippen LogP contribution is 2.27. The van der Waals surface area contributed by atoms with Gasteiger partial charge in [-0.05, 0) is 31.0 Å². The lowest BCUT2D eigenvalue weighted by molar-refractivity contribution is 0.476. The Balaban J connectivity index is 2.36. The lowest BCUT2D eigenvalue weighted by Crippen LogP contribution is -2.32. The van der Waals surface area contributed by atoms with Crippen molar-refractivity contribution >= 4 is 31.5 Å². The molecule has 0 spiro atoms. The molecule has 0 amide bonds. The van der Waals surface area contributed by atoms with Crippen LogP contribution < -0.4 is 0 Å². The number of aryl methyl sites for hydroxylation is 1. The molecule has 1 aromatic rings. The van der Waals surface area contributed by atoms with Crippen LogP contribution in [0.2, 0.25) is 5.02 Å². The predicted octanol–water partition coefficient (Wildman–Crippen LogP) is 1.46. The second kappa shape index (κ2) is 5.29. The average Bonchev–Trinajstić information content (AvgIpc) is 2.82. The van der Waals surface area contributed by atoms with Gasteiger partial charge in [0.2, 0.25) is 10.0 Å². The number of rotatable bonds is 3. The van der Waals surface area contributed by atoms with Gasteiger partial charge >= 0.3 is 0 Å². The molecule has 1 saturated heterocycles. The molecule has 0 aromatic heterocycles. The van der Waals surface area contributed by atoms with Crippen molar-refractivity contribution in [1.82, 2.24) is 4.31 Å². The molecule has 2 rings (SSSR count). The summed E-state index contributed by atoms with van der Waals surface area (Å²) in [5, 5.41) is -0.287. The highest BCUT2D eigenvalue weighted by atomic mass is 35.5. The van der Waals surface area contributed by atoms with Gasteiger partial charge in [-0.25, -0.2) is 16.8 Å². The zero-order valence-corrected chi connectivity index (χ0v) is 13.6. The lowest BCUT2D eigenvalue weighted by Gasteiger charge is -2.18.